The lowest BCUT2D eigenvalue weighted by atomic mass is 9.91. The van der Waals surface area contributed by atoms with Gasteiger partial charge < -0.3 is 0 Å². The van der Waals surface area contributed by atoms with Crippen LogP contribution in [0, 0.1) is 0 Å². The highest BCUT2D eigenvalue weighted by atomic mass is 14.2. The van der Waals surface area contributed by atoms with Crippen LogP contribution >= 0.6 is 0 Å². The number of hydrogen-bond donors (Lipinski definition) is 0. The first-order chi connectivity index (χ1) is 27.7. The van der Waals surface area contributed by atoms with Crippen molar-refractivity contribution in [3.8, 4) is 44.5 Å². The maximum atomic E-state index is 2.35. The maximum Gasteiger partial charge on any atom is -0.0105 e. The second-order valence-corrected chi connectivity index (χ2v) is 15.7. The van der Waals surface area contributed by atoms with Gasteiger partial charge in [-0.1, -0.05) is 146 Å². The van der Waals surface area contributed by atoms with Crippen LogP contribution in [0.25, 0.3) is 131 Å². The fourth-order valence-electron chi connectivity index (χ4n) is 9.72. The van der Waals surface area contributed by atoms with Crippen molar-refractivity contribution in [2.45, 2.75) is 0 Å². The van der Waals surface area contributed by atoms with E-state index in [0.29, 0.717) is 0 Å². The highest BCUT2D eigenvalue weighted by Gasteiger charge is 2.12. The van der Waals surface area contributed by atoms with E-state index < -0.39 is 0 Å². The molecule has 37 rings (SSSR count). The van der Waals surface area contributed by atoms with Gasteiger partial charge in [-0.25, -0.2) is 0 Å². The number of benzene rings is 12. The summed E-state index contributed by atoms with van der Waals surface area (Å²) in [5.74, 6) is 0. The van der Waals surface area contributed by atoms with Gasteiger partial charge >= 0.3 is 0 Å². The molecule has 0 N–H and O–H groups in total. The minimum atomic E-state index is 1.24. The summed E-state index contributed by atoms with van der Waals surface area (Å²) >= 11 is 0. The average molecular weight is 705 g/mol. The van der Waals surface area contributed by atoms with Gasteiger partial charge in [0.2, 0.25) is 0 Å². The minimum absolute atomic E-state index is 1.24. The summed E-state index contributed by atoms with van der Waals surface area (Å²) in [6.07, 6.45) is 0. The lowest BCUT2D eigenvalue weighted by Gasteiger charge is -2.13. The molecule has 25 aliphatic carbocycles. The molecule has 0 nitrogen and oxygen atoms in total. The van der Waals surface area contributed by atoms with Crippen molar-refractivity contribution in [3.05, 3.63) is 194 Å². The largest absolute Gasteiger partial charge is 0.0537 e. The van der Waals surface area contributed by atoms with Crippen LogP contribution < -0.4 is 0 Å². The SMILES string of the molecule is c1cc2c3ccc4cc(ccc42)-c2ccc4c(ccc5cc(ccc54)-c4ccc5c(ccc6cc(ccc65)-c5ccc6c(ccc7cc(ccc76)-c1c3)c5)c4)c2. The molecule has 0 radical (unpaired) electrons. The van der Waals surface area contributed by atoms with E-state index >= 15 is 0 Å². The van der Waals surface area contributed by atoms with Crippen LogP contribution in [0.4, 0.5) is 0 Å². The predicted octanol–water partition coefficient (Wildman–Crippen LogP) is 15.9. The van der Waals surface area contributed by atoms with Gasteiger partial charge in [0, 0.05) is 0 Å². The van der Waals surface area contributed by atoms with Crippen LogP contribution in [-0.4, -0.2) is 0 Å². The lowest BCUT2D eigenvalue weighted by molar-refractivity contribution is 1.66. The number of rotatable bonds is 0. The van der Waals surface area contributed by atoms with Crippen molar-refractivity contribution < 1.29 is 0 Å². The maximum absolute atomic E-state index is 2.35. The van der Waals surface area contributed by atoms with Gasteiger partial charge in [0.1, 0.15) is 0 Å². The van der Waals surface area contributed by atoms with Crippen LogP contribution in [0.5, 0.6) is 0 Å². The zero-order chi connectivity index (χ0) is 36.5. The summed E-state index contributed by atoms with van der Waals surface area (Å²) in [4.78, 5) is 0. The topological polar surface area (TPSA) is 0 Å². The zero-order valence-electron chi connectivity index (χ0n) is 30.5. The quantitative estimate of drug-likeness (QED) is 0.138. The zero-order valence-corrected chi connectivity index (χ0v) is 30.5. The van der Waals surface area contributed by atoms with Crippen molar-refractivity contribution in [3.63, 3.8) is 0 Å². The van der Waals surface area contributed by atoms with Crippen molar-refractivity contribution >= 4 is 86.2 Å². The molecule has 24 bridgehead atoms. The molecule has 0 fully saturated rings. The van der Waals surface area contributed by atoms with E-state index in [9.17, 15) is 0 Å². The third-order valence-electron chi connectivity index (χ3n) is 12.7. The molecular formula is C56H32. The third-order valence-corrected chi connectivity index (χ3v) is 12.7. The molecule has 12 aromatic rings. The fourth-order valence-corrected chi connectivity index (χ4v) is 9.72. The Hall–Kier alpha value is -7.28. The molecule has 56 heavy (non-hydrogen) atoms. The van der Waals surface area contributed by atoms with Gasteiger partial charge in [0.15, 0.2) is 0 Å². The van der Waals surface area contributed by atoms with E-state index in [1.165, 1.54) is 131 Å². The molecule has 0 saturated carbocycles. The molecule has 0 atom stereocenters. The van der Waals surface area contributed by atoms with Crippen LogP contribution in [0.1, 0.15) is 0 Å². The Kier molecular flexibility index (Phi) is 5.98. The van der Waals surface area contributed by atoms with Gasteiger partial charge in [-0.2, -0.15) is 0 Å². The lowest BCUT2D eigenvalue weighted by Crippen LogP contribution is -1.86. The standard InChI is InChI=1S/C56H32/c1-2-42-26-34-10-18-50(42)49-17-9-33(25-41(1)49)35-11-19-51-43(27-35)3-4-45-29-37(13-21-53(45)51)39-15-23-55-47(31-39)7-8-48-32-40(16-24-56(48)55)38-14-22-54-46(30-38)6-5-44-28-36(34)12-20-52(44)54/h1-32H. The molecule has 0 unspecified atom stereocenters. The highest BCUT2D eigenvalue weighted by Crippen LogP contribution is 2.39. The van der Waals surface area contributed by atoms with Crippen LogP contribution in [0.2, 0.25) is 0 Å². The Balaban J connectivity index is 1.03. The Morgan fingerprint density at radius 1 is 0.125 bits per heavy atom. The van der Waals surface area contributed by atoms with E-state index in [2.05, 4.69) is 194 Å². The van der Waals surface area contributed by atoms with E-state index in [0.717, 1.165) is 0 Å². The van der Waals surface area contributed by atoms with E-state index in [1.807, 2.05) is 0 Å². The summed E-state index contributed by atoms with van der Waals surface area (Å²) in [6.45, 7) is 0. The predicted molar refractivity (Wildman–Crippen MR) is 242 cm³/mol. The van der Waals surface area contributed by atoms with Gasteiger partial charge in [-0.15, -0.1) is 0 Å². The molecule has 0 saturated heterocycles. The number of hydrogen-bond acceptors (Lipinski definition) is 0. The molecular weight excluding hydrogens is 673 g/mol. The Labute approximate surface area is 323 Å². The Morgan fingerprint density at radius 2 is 0.250 bits per heavy atom. The van der Waals surface area contributed by atoms with Crippen LogP contribution in [0.3, 0.4) is 0 Å². The molecule has 0 amide bonds. The van der Waals surface area contributed by atoms with E-state index in [-0.39, 0.29) is 0 Å². The Morgan fingerprint density at radius 3 is 0.375 bits per heavy atom. The van der Waals surface area contributed by atoms with Crippen molar-refractivity contribution in [1.82, 2.24) is 0 Å². The third kappa shape index (κ3) is 4.42. The molecule has 0 spiro atoms. The summed E-state index contributed by atoms with van der Waals surface area (Å²) in [5, 5.41) is 20.4. The van der Waals surface area contributed by atoms with E-state index in [4.69, 9.17) is 0 Å². The van der Waals surface area contributed by atoms with Gasteiger partial charge in [-0.05, 0) is 179 Å². The average Bonchev–Trinajstić information content (AvgIpc) is 3.26. The molecule has 0 heteroatoms. The summed E-state index contributed by atoms with van der Waals surface area (Å²) in [5.41, 5.74) is 9.90. The molecule has 0 heterocycles. The van der Waals surface area contributed by atoms with Crippen molar-refractivity contribution in [1.29, 1.82) is 0 Å². The smallest absolute Gasteiger partial charge is 0.0105 e. The second-order valence-electron chi connectivity index (χ2n) is 15.7. The first-order valence-corrected chi connectivity index (χ1v) is 19.5. The normalized spacial score (nSPS) is 12.3. The molecule has 0 aliphatic heterocycles. The van der Waals surface area contributed by atoms with Crippen molar-refractivity contribution in [2.75, 3.05) is 0 Å². The molecule has 25 aliphatic rings. The monoisotopic (exact) mass is 704 g/mol. The van der Waals surface area contributed by atoms with Crippen LogP contribution in [0.15, 0.2) is 194 Å². The van der Waals surface area contributed by atoms with Gasteiger partial charge in [0.05, 0.1) is 0 Å². The summed E-state index contributed by atoms with van der Waals surface area (Å²) in [7, 11) is 0. The molecule has 12 aromatic carbocycles. The molecule has 0 aromatic heterocycles. The highest BCUT2D eigenvalue weighted by molar-refractivity contribution is 6.14. The second kappa shape index (κ2) is 11.1. The van der Waals surface area contributed by atoms with Gasteiger partial charge in [-0.3, -0.25) is 0 Å². The first kappa shape index (κ1) is 30.1. The Bertz CT molecular complexity index is 2960. The summed E-state index contributed by atoms with van der Waals surface area (Å²) < 4.78 is 0. The summed E-state index contributed by atoms with van der Waals surface area (Å²) in [6, 6.07) is 73.8. The van der Waals surface area contributed by atoms with E-state index in [1.54, 1.807) is 0 Å². The van der Waals surface area contributed by atoms with Gasteiger partial charge in [0.25, 0.3) is 0 Å². The minimum Gasteiger partial charge on any atom is -0.0537 e. The fraction of sp³-hybridized carbons (Fsp3) is 0. The van der Waals surface area contributed by atoms with Crippen LogP contribution in [-0.2, 0) is 0 Å². The first-order valence-electron chi connectivity index (χ1n) is 19.5. The molecule has 256 valence electrons. The van der Waals surface area contributed by atoms with Crippen molar-refractivity contribution in [2.24, 2.45) is 0 Å².